The third-order valence-electron chi connectivity index (χ3n) is 6.12. The highest BCUT2D eigenvalue weighted by atomic mass is 35.5. The minimum Gasteiger partial charge on any atom is -0.356 e. The monoisotopic (exact) mass is 411 g/mol. The van der Waals surface area contributed by atoms with Crippen molar-refractivity contribution in [1.29, 1.82) is 0 Å². The van der Waals surface area contributed by atoms with E-state index in [1.807, 2.05) is 18.2 Å². The van der Waals surface area contributed by atoms with Crippen molar-refractivity contribution in [3.63, 3.8) is 0 Å². The lowest BCUT2D eigenvalue weighted by atomic mass is 10.0. The zero-order valence-electron chi connectivity index (χ0n) is 16.9. The summed E-state index contributed by atoms with van der Waals surface area (Å²) in [4.78, 5) is 14.3. The topological polar surface area (TPSA) is 58.3 Å². The van der Waals surface area contributed by atoms with Crippen LogP contribution in [0.15, 0.2) is 28.8 Å². The number of piperidine rings is 1. The van der Waals surface area contributed by atoms with Gasteiger partial charge in [0.25, 0.3) is 0 Å². The van der Waals surface area contributed by atoms with E-state index in [9.17, 15) is 0 Å². The zero-order chi connectivity index (χ0) is 20.0. The third-order valence-corrected chi connectivity index (χ3v) is 6.35. The van der Waals surface area contributed by atoms with Gasteiger partial charge in [-0.3, -0.25) is 4.90 Å². The van der Waals surface area contributed by atoms with Crippen LogP contribution in [0.3, 0.4) is 0 Å². The Morgan fingerprint density at radius 2 is 1.93 bits per heavy atom. The van der Waals surface area contributed by atoms with Crippen LogP contribution in [0, 0.1) is 6.92 Å². The zero-order valence-corrected chi connectivity index (χ0v) is 17.7. The van der Waals surface area contributed by atoms with Crippen molar-refractivity contribution in [2.24, 2.45) is 0 Å². The minimum absolute atomic E-state index is 0.517. The van der Waals surface area contributed by atoms with E-state index in [0.29, 0.717) is 17.0 Å². The van der Waals surface area contributed by atoms with Gasteiger partial charge in [0.2, 0.25) is 0 Å². The van der Waals surface area contributed by atoms with Gasteiger partial charge in [0.1, 0.15) is 17.3 Å². The average Bonchev–Trinajstić information content (AvgIpc) is 3.51. The summed E-state index contributed by atoms with van der Waals surface area (Å²) in [6, 6.07) is 8.30. The van der Waals surface area contributed by atoms with Gasteiger partial charge in [-0.25, -0.2) is 9.97 Å². The van der Waals surface area contributed by atoms with Gasteiger partial charge in [-0.1, -0.05) is 16.8 Å². The molecule has 0 bridgehead atoms. The lowest BCUT2D eigenvalue weighted by Gasteiger charge is -2.37. The van der Waals surface area contributed by atoms with Crippen molar-refractivity contribution in [3.05, 3.63) is 46.5 Å². The molecule has 0 unspecified atom stereocenters. The summed E-state index contributed by atoms with van der Waals surface area (Å²) in [5.74, 6) is 2.72. The summed E-state index contributed by atoms with van der Waals surface area (Å²) in [5.41, 5.74) is 2.82. The molecular weight excluding hydrogens is 386 g/mol. The molecule has 152 valence electrons. The molecule has 1 aliphatic carbocycles. The summed E-state index contributed by atoms with van der Waals surface area (Å²) < 4.78 is 5.46. The molecule has 1 aromatic carbocycles. The highest BCUT2D eigenvalue weighted by molar-refractivity contribution is 6.31. The molecule has 0 radical (unpaired) electrons. The molecule has 2 aliphatic rings. The van der Waals surface area contributed by atoms with Gasteiger partial charge in [0, 0.05) is 53.8 Å². The van der Waals surface area contributed by atoms with Crippen LogP contribution in [0.25, 0.3) is 11.0 Å². The second kappa shape index (κ2) is 7.58. The molecule has 1 aliphatic heterocycles. The van der Waals surface area contributed by atoms with Crippen molar-refractivity contribution >= 4 is 28.4 Å². The smallest absolute Gasteiger partial charge is 0.167 e. The van der Waals surface area contributed by atoms with E-state index in [2.05, 4.69) is 40.0 Å². The third kappa shape index (κ3) is 3.96. The van der Waals surface area contributed by atoms with Crippen molar-refractivity contribution in [1.82, 2.24) is 20.0 Å². The normalized spacial score (nSPS) is 18.1. The van der Waals surface area contributed by atoms with Crippen LogP contribution in [0.1, 0.15) is 48.8 Å². The molecule has 0 spiro atoms. The van der Waals surface area contributed by atoms with E-state index in [1.165, 1.54) is 12.8 Å². The van der Waals surface area contributed by atoms with Crippen molar-refractivity contribution in [2.75, 3.05) is 25.0 Å². The van der Waals surface area contributed by atoms with Crippen LogP contribution in [-0.2, 0) is 6.54 Å². The first-order chi connectivity index (χ1) is 14.1. The summed E-state index contributed by atoms with van der Waals surface area (Å²) in [7, 11) is 2.17. The number of nitrogens with zero attached hydrogens (tertiary/aromatic N) is 5. The average molecular weight is 412 g/mol. The Bertz CT molecular complexity index is 1020. The predicted octanol–water partition coefficient (Wildman–Crippen LogP) is 4.56. The molecule has 3 heterocycles. The second-order valence-electron chi connectivity index (χ2n) is 8.40. The number of hydrogen-bond acceptors (Lipinski definition) is 6. The van der Waals surface area contributed by atoms with E-state index >= 15 is 0 Å². The van der Waals surface area contributed by atoms with Crippen LogP contribution >= 0.6 is 11.6 Å². The quantitative estimate of drug-likeness (QED) is 0.613. The molecule has 2 aromatic heterocycles. The summed E-state index contributed by atoms with van der Waals surface area (Å²) in [6.45, 7) is 4.87. The fourth-order valence-corrected chi connectivity index (χ4v) is 4.41. The van der Waals surface area contributed by atoms with Crippen LogP contribution in [-0.4, -0.2) is 46.2 Å². The van der Waals surface area contributed by atoms with E-state index < -0.39 is 0 Å². The molecule has 7 heteroatoms. The number of benzene rings is 1. The number of aryl methyl sites for hydroxylation is 1. The Morgan fingerprint density at radius 3 is 2.69 bits per heavy atom. The molecule has 2 fully saturated rings. The molecule has 6 nitrogen and oxygen atoms in total. The Kier molecular flexibility index (Phi) is 4.92. The first kappa shape index (κ1) is 18.8. The number of halogens is 1. The van der Waals surface area contributed by atoms with Gasteiger partial charge in [0.05, 0.1) is 0 Å². The standard InChI is InChI=1S/C22H26ClN5O/c1-14-11-21(25-22(24-14)15-3-4-15)28-9-7-17(8-10-28)27(2)13-19-18-12-16(23)5-6-20(18)29-26-19/h5-6,11-12,15,17H,3-4,7-10,13H2,1-2H3. The first-order valence-corrected chi connectivity index (χ1v) is 10.8. The molecule has 0 atom stereocenters. The van der Waals surface area contributed by atoms with Crippen LogP contribution in [0.5, 0.6) is 0 Å². The molecule has 1 saturated heterocycles. The van der Waals surface area contributed by atoms with Crippen molar-refractivity contribution < 1.29 is 4.52 Å². The van der Waals surface area contributed by atoms with Crippen LogP contribution in [0.4, 0.5) is 5.82 Å². The maximum atomic E-state index is 6.15. The van der Waals surface area contributed by atoms with E-state index in [4.69, 9.17) is 21.1 Å². The number of fused-ring (bicyclic) bond motifs is 1. The molecule has 29 heavy (non-hydrogen) atoms. The summed E-state index contributed by atoms with van der Waals surface area (Å²) in [6.07, 6.45) is 4.68. The molecule has 5 rings (SSSR count). The van der Waals surface area contributed by atoms with Gasteiger partial charge in [-0.2, -0.15) is 0 Å². The fraction of sp³-hybridized carbons (Fsp3) is 0.500. The van der Waals surface area contributed by atoms with Gasteiger partial charge in [-0.15, -0.1) is 0 Å². The van der Waals surface area contributed by atoms with Gasteiger partial charge in [-0.05, 0) is 57.9 Å². The molecule has 0 amide bonds. The number of rotatable bonds is 5. The van der Waals surface area contributed by atoms with E-state index in [-0.39, 0.29) is 0 Å². The fourth-order valence-electron chi connectivity index (χ4n) is 4.24. The lowest BCUT2D eigenvalue weighted by molar-refractivity contribution is 0.196. The minimum atomic E-state index is 0.517. The van der Waals surface area contributed by atoms with Crippen LogP contribution < -0.4 is 4.90 Å². The number of anilines is 1. The largest absolute Gasteiger partial charge is 0.356 e. The molecule has 3 aromatic rings. The Hall–Kier alpha value is -2.18. The lowest BCUT2D eigenvalue weighted by Crippen LogP contribution is -2.43. The number of aromatic nitrogens is 3. The van der Waals surface area contributed by atoms with Crippen molar-refractivity contribution in [3.8, 4) is 0 Å². The predicted molar refractivity (Wildman–Crippen MR) is 114 cm³/mol. The van der Waals surface area contributed by atoms with Crippen LogP contribution in [0.2, 0.25) is 5.02 Å². The number of hydrogen-bond donors (Lipinski definition) is 0. The maximum Gasteiger partial charge on any atom is 0.167 e. The Balaban J connectivity index is 1.24. The highest BCUT2D eigenvalue weighted by Gasteiger charge is 2.29. The van der Waals surface area contributed by atoms with Gasteiger partial charge in [0.15, 0.2) is 5.58 Å². The highest BCUT2D eigenvalue weighted by Crippen LogP contribution is 2.38. The van der Waals surface area contributed by atoms with Gasteiger partial charge < -0.3 is 9.42 Å². The van der Waals surface area contributed by atoms with Crippen molar-refractivity contribution in [2.45, 2.75) is 51.1 Å². The second-order valence-corrected chi connectivity index (χ2v) is 8.84. The Morgan fingerprint density at radius 1 is 1.14 bits per heavy atom. The molecular formula is C22H26ClN5O. The molecule has 0 N–H and O–H groups in total. The Labute approximate surface area is 175 Å². The SMILES string of the molecule is Cc1cc(N2CCC(N(C)Cc3noc4ccc(Cl)cc34)CC2)nc(C2CC2)n1. The molecule has 1 saturated carbocycles. The summed E-state index contributed by atoms with van der Waals surface area (Å²) >= 11 is 6.15. The van der Waals surface area contributed by atoms with Gasteiger partial charge >= 0.3 is 0 Å². The van der Waals surface area contributed by atoms with E-state index in [0.717, 1.165) is 66.5 Å². The maximum absolute atomic E-state index is 6.15. The van der Waals surface area contributed by atoms with E-state index in [1.54, 1.807) is 0 Å². The summed E-state index contributed by atoms with van der Waals surface area (Å²) in [5, 5.41) is 5.99. The first-order valence-electron chi connectivity index (χ1n) is 10.4.